The van der Waals surface area contributed by atoms with Gasteiger partial charge in [-0.05, 0) is 0 Å². The first-order valence-corrected chi connectivity index (χ1v) is 5.81. The molecule has 3 rings (SSSR count). The summed E-state index contributed by atoms with van der Waals surface area (Å²) in [6.45, 7) is 2.55. The van der Waals surface area contributed by atoms with Gasteiger partial charge >= 0.3 is 0 Å². The highest BCUT2D eigenvalue weighted by atomic mass is 16.7. The summed E-state index contributed by atoms with van der Waals surface area (Å²) in [5.41, 5.74) is 0.801. The second-order valence-electron chi connectivity index (χ2n) is 4.06. The van der Waals surface area contributed by atoms with Gasteiger partial charge in [-0.15, -0.1) is 0 Å². The van der Waals surface area contributed by atoms with Crippen LogP contribution in [-0.4, -0.2) is 42.7 Å². The van der Waals surface area contributed by atoms with Crippen molar-refractivity contribution in [2.45, 2.75) is 12.8 Å². The van der Waals surface area contributed by atoms with E-state index in [9.17, 15) is 5.21 Å². The third-order valence-electron chi connectivity index (χ3n) is 2.77. The van der Waals surface area contributed by atoms with Crippen LogP contribution in [-0.2, 0) is 16.0 Å². The Labute approximate surface area is 104 Å². The molecule has 3 heterocycles. The zero-order valence-electron chi connectivity index (χ0n) is 9.76. The highest BCUT2D eigenvalue weighted by molar-refractivity contribution is 5.51. The van der Waals surface area contributed by atoms with Crippen LogP contribution in [0.25, 0.3) is 0 Å². The molecule has 18 heavy (non-hydrogen) atoms. The standard InChI is InChI=1S/C10H14N5O3/c16-15-6-11-3-7-4-12-10(14-9(7)15)13-5-8-17-1-2-18-8/h4,8,11H,1-3,5-6H2,(H,12,13,14)/q-1. The average molecular weight is 252 g/mol. The molecule has 0 spiro atoms. The average Bonchev–Trinajstić information content (AvgIpc) is 2.90. The third-order valence-corrected chi connectivity index (χ3v) is 2.77. The number of aromatic nitrogens is 2. The summed E-state index contributed by atoms with van der Waals surface area (Å²) in [4.78, 5) is 8.34. The maximum absolute atomic E-state index is 11.6. The summed E-state index contributed by atoms with van der Waals surface area (Å²) in [6, 6.07) is 0. The minimum Gasteiger partial charge on any atom is -0.756 e. The van der Waals surface area contributed by atoms with Crippen molar-refractivity contribution in [1.29, 1.82) is 0 Å². The zero-order valence-corrected chi connectivity index (χ0v) is 9.76. The molecule has 1 fully saturated rings. The highest BCUT2D eigenvalue weighted by Crippen LogP contribution is 2.20. The van der Waals surface area contributed by atoms with Gasteiger partial charge in [-0.25, -0.2) is 4.98 Å². The van der Waals surface area contributed by atoms with Gasteiger partial charge < -0.3 is 25.1 Å². The van der Waals surface area contributed by atoms with Gasteiger partial charge in [0.25, 0.3) is 0 Å². The van der Waals surface area contributed by atoms with E-state index in [4.69, 9.17) is 9.47 Å². The van der Waals surface area contributed by atoms with Crippen LogP contribution in [0.15, 0.2) is 6.20 Å². The monoisotopic (exact) mass is 252 g/mol. The fourth-order valence-electron chi connectivity index (χ4n) is 1.89. The lowest BCUT2D eigenvalue weighted by Gasteiger charge is -2.35. The molecule has 98 valence electrons. The molecule has 8 heteroatoms. The van der Waals surface area contributed by atoms with Gasteiger partial charge in [-0.3, -0.25) is 5.32 Å². The summed E-state index contributed by atoms with van der Waals surface area (Å²) in [6.07, 6.45) is 1.38. The molecule has 0 aliphatic carbocycles. The quantitative estimate of drug-likeness (QED) is 0.752. The lowest BCUT2D eigenvalue weighted by atomic mass is 10.3. The Hall–Kier alpha value is -1.48. The molecule has 8 nitrogen and oxygen atoms in total. The summed E-state index contributed by atoms with van der Waals surface area (Å²) < 4.78 is 10.6. The molecule has 0 atom stereocenters. The molecule has 0 bridgehead atoms. The molecule has 2 aliphatic rings. The van der Waals surface area contributed by atoms with Crippen molar-refractivity contribution in [1.82, 2.24) is 15.3 Å². The molecule has 1 aromatic rings. The second kappa shape index (κ2) is 5.02. The first kappa shape index (κ1) is 11.6. The smallest absolute Gasteiger partial charge is 0.224 e. The minimum absolute atomic E-state index is 0.248. The SMILES string of the molecule is [O-]N1CNCc2cnc(NCC3OCCO3)nc21. The van der Waals surface area contributed by atoms with Gasteiger partial charge in [0.2, 0.25) is 5.95 Å². The van der Waals surface area contributed by atoms with E-state index in [-0.39, 0.29) is 13.0 Å². The number of hydroxylamine groups is 1. The van der Waals surface area contributed by atoms with E-state index in [1.165, 1.54) is 0 Å². The number of hydrogen-bond acceptors (Lipinski definition) is 8. The molecule has 0 aromatic carbocycles. The van der Waals surface area contributed by atoms with Crippen LogP contribution in [0.2, 0.25) is 0 Å². The Kier molecular flexibility index (Phi) is 3.24. The van der Waals surface area contributed by atoms with E-state index in [1.54, 1.807) is 6.20 Å². The third kappa shape index (κ3) is 2.36. The van der Waals surface area contributed by atoms with Gasteiger partial charge in [0, 0.05) is 18.3 Å². The first-order chi connectivity index (χ1) is 8.83. The molecule has 0 saturated carbocycles. The van der Waals surface area contributed by atoms with Crippen molar-refractivity contribution in [2.75, 3.05) is 36.8 Å². The predicted molar refractivity (Wildman–Crippen MR) is 63.8 cm³/mol. The number of rotatable bonds is 3. The fourth-order valence-corrected chi connectivity index (χ4v) is 1.89. The lowest BCUT2D eigenvalue weighted by Crippen LogP contribution is -2.36. The van der Waals surface area contributed by atoms with Crippen LogP contribution < -0.4 is 15.7 Å². The van der Waals surface area contributed by atoms with Gasteiger partial charge in [0.15, 0.2) is 6.29 Å². The Morgan fingerprint density at radius 2 is 2.33 bits per heavy atom. The number of hydrogen-bond donors (Lipinski definition) is 2. The summed E-state index contributed by atoms with van der Waals surface area (Å²) in [5.74, 6) is 0.829. The van der Waals surface area contributed by atoms with Crippen LogP contribution in [0, 0.1) is 5.21 Å². The maximum Gasteiger partial charge on any atom is 0.224 e. The lowest BCUT2D eigenvalue weighted by molar-refractivity contribution is -0.0300. The van der Waals surface area contributed by atoms with Crippen LogP contribution in [0.5, 0.6) is 0 Å². The normalized spacial score (nSPS) is 19.9. The molecule has 0 radical (unpaired) electrons. The number of nitrogens with one attached hydrogen (secondary N) is 2. The van der Waals surface area contributed by atoms with E-state index >= 15 is 0 Å². The molecular formula is C10H14N5O3-. The molecular weight excluding hydrogens is 238 g/mol. The topological polar surface area (TPSA) is 94.6 Å². The highest BCUT2D eigenvalue weighted by Gasteiger charge is 2.17. The second-order valence-corrected chi connectivity index (χ2v) is 4.06. The van der Waals surface area contributed by atoms with Crippen molar-refractivity contribution in [3.63, 3.8) is 0 Å². The number of nitrogens with zero attached hydrogens (tertiary/aromatic N) is 3. The van der Waals surface area contributed by atoms with Gasteiger partial charge in [0.1, 0.15) is 5.82 Å². The summed E-state index contributed by atoms with van der Waals surface area (Å²) in [7, 11) is 0. The Morgan fingerprint density at radius 3 is 3.17 bits per heavy atom. The molecule has 0 amide bonds. The van der Waals surface area contributed by atoms with Crippen LogP contribution in [0.4, 0.5) is 11.8 Å². The zero-order chi connectivity index (χ0) is 12.4. The van der Waals surface area contributed by atoms with Gasteiger partial charge in [-0.2, -0.15) is 4.98 Å². The van der Waals surface area contributed by atoms with Crippen LogP contribution >= 0.6 is 0 Å². The molecule has 1 saturated heterocycles. The molecule has 1 aromatic heterocycles. The number of ether oxygens (including phenoxy) is 2. The first-order valence-electron chi connectivity index (χ1n) is 5.81. The van der Waals surface area contributed by atoms with E-state index in [0.29, 0.717) is 38.1 Å². The number of anilines is 2. The van der Waals surface area contributed by atoms with Crippen LogP contribution in [0.1, 0.15) is 5.56 Å². The predicted octanol–water partition coefficient (Wildman–Crippen LogP) is -0.374. The van der Waals surface area contributed by atoms with Crippen molar-refractivity contribution in [3.8, 4) is 0 Å². The van der Waals surface area contributed by atoms with Gasteiger partial charge in [-0.1, -0.05) is 0 Å². The van der Waals surface area contributed by atoms with E-state index in [1.807, 2.05) is 0 Å². The van der Waals surface area contributed by atoms with Crippen molar-refractivity contribution in [2.24, 2.45) is 0 Å². The van der Waals surface area contributed by atoms with E-state index in [0.717, 1.165) is 10.6 Å². The van der Waals surface area contributed by atoms with Crippen molar-refractivity contribution in [3.05, 3.63) is 17.0 Å². The number of fused-ring (bicyclic) bond motifs is 1. The molecule has 2 aliphatic heterocycles. The Balaban J connectivity index is 1.67. The fraction of sp³-hybridized carbons (Fsp3) is 0.600. The van der Waals surface area contributed by atoms with Crippen molar-refractivity contribution < 1.29 is 9.47 Å². The van der Waals surface area contributed by atoms with Gasteiger partial charge in [0.05, 0.1) is 26.4 Å². The van der Waals surface area contributed by atoms with Crippen LogP contribution in [0.3, 0.4) is 0 Å². The minimum atomic E-state index is -0.269. The Morgan fingerprint density at radius 1 is 1.50 bits per heavy atom. The largest absolute Gasteiger partial charge is 0.756 e. The Bertz CT molecular complexity index is 424. The van der Waals surface area contributed by atoms with E-state index in [2.05, 4.69) is 20.6 Å². The molecule has 0 unspecified atom stereocenters. The maximum atomic E-state index is 11.6. The summed E-state index contributed by atoms with van der Waals surface area (Å²) >= 11 is 0. The van der Waals surface area contributed by atoms with Crippen molar-refractivity contribution >= 4 is 11.8 Å². The summed E-state index contributed by atoms with van der Waals surface area (Å²) in [5, 5.41) is 18.4. The molecule has 2 N–H and O–H groups in total. The van der Waals surface area contributed by atoms with E-state index < -0.39 is 0 Å².